The monoisotopic (exact) mass is 515 g/mol. The topological polar surface area (TPSA) is 98.2 Å². The predicted octanol–water partition coefficient (Wildman–Crippen LogP) is 3.96. The molecule has 2 saturated heterocycles. The molecule has 0 radical (unpaired) electrons. The van der Waals surface area contributed by atoms with Gasteiger partial charge in [-0.05, 0) is 36.4 Å². The van der Waals surface area contributed by atoms with Crippen molar-refractivity contribution < 1.29 is 24.4 Å². The summed E-state index contributed by atoms with van der Waals surface area (Å²) in [5.74, 6) is -2.72. The smallest absolute Gasteiger partial charge is 0.254 e. The van der Waals surface area contributed by atoms with Crippen LogP contribution in [0.5, 0.6) is 0 Å². The molecule has 2 aromatic carbocycles. The van der Waals surface area contributed by atoms with Crippen LogP contribution >= 0.6 is 46.4 Å². The number of hydroxylamine groups is 2. The largest absolute Gasteiger partial charge is 0.312 e. The normalized spacial score (nSPS) is 21.4. The number of anilines is 2. The molecule has 0 unspecified atom stereocenters. The zero-order valence-corrected chi connectivity index (χ0v) is 19.0. The van der Waals surface area contributed by atoms with Crippen molar-refractivity contribution in [2.75, 3.05) is 9.80 Å². The van der Waals surface area contributed by atoms with Crippen LogP contribution in [0.25, 0.3) is 0 Å². The molecule has 2 fully saturated rings. The van der Waals surface area contributed by atoms with E-state index in [0.29, 0.717) is 5.06 Å². The maximum Gasteiger partial charge on any atom is 0.254 e. The van der Waals surface area contributed by atoms with Crippen LogP contribution in [0.3, 0.4) is 0 Å². The lowest BCUT2D eigenvalue weighted by Gasteiger charge is -2.25. The molecule has 1 N–H and O–H groups in total. The number of amides is 4. The van der Waals surface area contributed by atoms with Gasteiger partial charge in [-0.1, -0.05) is 46.4 Å². The average Bonchev–Trinajstić information content (AvgIpc) is 3.20. The molecule has 0 aliphatic carbocycles. The molecular formula is C20H13Cl4N3O5. The van der Waals surface area contributed by atoms with Crippen molar-refractivity contribution in [3.05, 3.63) is 56.5 Å². The third kappa shape index (κ3) is 3.87. The predicted molar refractivity (Wildman–Crippen MR) is 118 cm³/mol. The molecule has 2 aromatic rings. The first-order chi connectivity index (χ1) is 15.1. The van der Waals surface area contributed by atoms with Crippen LogP contribution in [0.4, 0.5) is 11.4 Å². The summed E-state index contributed by atoms with van der Waals surface area (Å²) < 4.78 is 0. The number of rotatable bonds is 4. The lowest BCUT2D eigenvalue weighted by atomic mass is 10.1. The summed E-state index contributed by atoms with van der Waals surface area (Å²) >= 11 is 23.7. The van der Waals surface area contributed by atoms with Gasteiger partial charge in [0, 0.05) is 0 Å². The maximum absolute atomic E-state index is 12.9. The van der Waals surface area contributed by atoms with Crippen molar-refractivity contribution in [3.8, 4) is 0 Å². The van der Waals surface area contributed by atoms with Crippen molar-refractivity contribution in [2.24, 2.45) is 0 Å². The standard InChI is InChI=1S/C20H13Cl4N3O5/c21-11-3-1-9(5-13(11)23)25-17(28)7-15(19(25)30)27(32)16-8-18(29)26(20(16)31)10-2-4-12(22)14(24)6-10/h1-6,15-16,32H,7-8H2/t15-,16-/m1/s1. The molecule has 4 rings (SSSR count). The number of halogens is 4. The number of hydrogen-bond donors (Lipinski definition) is 1. The molecule has 12 heteroatoms. The fraction of sp³-hybridized carbons (Fsp3) is 0.200. The second-order valence-corrected chi connectivity index (χ2v) is 8.78. The number of carbonyl (C=O) groups excluding carboxylic acids is 4. The second-order valence-electron chi connectivity index (χ2n) is 7.15. The molecule has 0 spiro atoms. The van der Waals surface area contributed by atoms with Crippen LogP contribution in [0.15, 0.2) is 36.4 Å². The number of hydrogen-bond acceptors (Lipinski definition) is 6. The highest BCUT2D eigenvalue weighted by Gasteiger charge is 2.50. The number of carbonyl (C=O) groups is 4. The molecule has 166 valence electrons. The summed E-state index contributed by atoms with van der Waals surface area (Å²) in [6.45, 7) is 0. The average molecular weight is 517 g/mol. The molecule has 2 heterocycles. The van der Waals surface area contributed by atoms with Crippen molar-refractivity contribution >= 4 is 81.4 Å². The highest BCUT2D eigenvalue weighted by molar-refractivity contribution is 6.43. The van der Waals surface area contributed by atoms with E-state index < -0.39 is 35.7 Å². The van der Waals surface area contributed by atoms with Crippen LogP contribution in [0.2, 0.25) is 20.1 Å². The Morgan fingerprint density at radius 2 is 1.06 bits per heavy atom. The van der Waals surface area contributed by atoms with E-state index in [1.165, 1.54) is 36.4 Å². The molecule has 2 aliphatic rings. The summed E-state index contributed by atoms with van der Waals surface area (Å²) in [6.07, 6.45) is -0.777. The zero-order valence-electron chi connectivity index (χ0n) is 16.0. The summed E-state index contributed by atoms with van der Waals surface area (Å²) in [5, 5.41) is 11.9. The second kappa shape index (κ2) is 8.62. The minimum Gasteiger partial charge on any atom is -0.312 e. The van der Waals surface area contributed by atoms with Crippen LogP contribution < -0.4 is 9.80 Å². The Hall–Kier alpha value is -2.20. The van der Waals surface area contributed by atoms with Gasteiger partial charge in [-0.3, -0.25) is 19.2 Å². The van der Waals surface area contributed by atoms with Crippen molar-refractivity contribution in [1.82, 2.24) is 5.06 Å². The molecule has 8 nitrogen and oxygen atoms in total. The van der Waals surface area contributed by atoms with Crippen molar-refractivity contribution in [2.45, 2.75) is 24.9 Å². The zero-order chi connectivity index (χ0) is 23.3. The lowest BCUT2D eigenvalue weighted by Crippen LogP contribution is -2.49. The molecule has 0 bridgehead atoms. The summed E-state index contributed by atoms with van der Waals surface area (Å²) in [5.41, 5.74) is 0.355. The molecule has 4 amide bonds. The number of nitrogens with zero attached hydrogens (tertiary/aromatic N) is 3. The highest BCUT2D eigenvalue weighted by atomic mass is 35.5. The Morgan fingerprint density at radius 1 is 0.688 bits per heavy atom. The van der Waals surface area contributed by atoms with Gasteiger partial charge >= 0.3 is 0 Å². The quantitative estimate of drug-likeness (QED) is 0.488. The van der Waals surface area contributed by atoms with Crippen LogP contribution in [-0.2, 0) is 19.2 Å². The van der Waals surface area contributed by atoms with Gasteiger partial charge < -0.3 is 5.21 Å². The molecule has 0 aromatic heterocycles. The third-order valence-electron chi connectivity index (χ3n) is 5.21. The van der Waals surface area contributed by atoms with Gasteiger partial charge in [0.15, 0.2) is 0 Å². The van der Waals surface area contributed by atoms with E-state index >= 15 is 0 Å². The van der Waals surface area contributed by atoms with E-state index in [4.69, 9.17) is 46.4 Å². The third-order valence-corrected chi connectivity index (χ3v) is 6.69. The molecular weight excluding hydrogens is 504 g/mol. The minimum absolute atomic E-state index is 0.142. The molecule has 2 atom stereocenters. The fourth-order valence-electron chi connectivity index (χ4n) is 3.65. The Balaban J connectivity index is 1.57. The van der Waals surface area contributed by atoms with E-state index in [9.17, 15) is 24.4 Å². The fourth-order valence-corrected chi connectivity index (χ4v) is 4.24. The Labute approximate surface area is 201 Å². The van der Waals surface area contributed by atoms with Gasteiger partial charge in [-0.25, -0.2) is 9.80 Å². The van der Waals surface area contributed by atoms with Crippen molar-refractivity contribution in [3.63, 3.8) is 0 Å². The minimum atomic E-state index is -1.35. The van der Waals surface area contributed by atoms with Gasteiger partial charge in [0.1, 0.15) is 12.1 Å². The van der Waals surface area contributed by atoms with Crippen LogP contribution in [-0.4, -0.2) is 46.0 Å². The maximum atomic E-state index is 12.9. The van der Waals surface area contributed by atoms with Gasteiger partial charge in [0.25, 0.3) is 11.8 Å². The Morgan fingerprint density at radius 3 is 1.41 bits per heavy atom. The van der Waals surface area contributed by atoms with Gasteiger partial charge in [0.05, 0.1) is 44.3 Å². The summed E-state index contributed by atoms with van der Waals surface area (Å²) in [7, 11) is 0. The van der Waals surface area contributed by atoms with E-state index in [-0.39, 0.29) is 44.3 Å². The summed E-state index contributed by atoms with van der Waals surface area (Å²) in [6, 6.07) is 5.71. The first kappa shape index (κ1) is 23.0. The van der Waals surface area contributed by atoms with Crippen molar-refractivity contribution in [1.29, 1.82) is 0 Å². The number of benzene rings is 2. The van der Waals surface area contributed by atoms with Gasteiger partial charge in [-0.15, -0.1) is 0 Å². The molecule has 0 saturated carbocycles. The first-order valence-electron chi connectivity index (χ1n) is 9.21. The molecule has 32 heavy (non-hydrogen) atoms. The van der Waals surface area contributed by atoms with E-state index in [2.05, 4.69) is 0 Å². The Kier molecular flexibility index (Phi) is 6.19. The van der Waals surface area contributed by atoms with Crippen LogP contribution in [0.1, 0.15) is 12.8 Å². The van der Waals surface area contributed by atoms with Gasteiger partial charge in [-0.2, -0.15) is 5.06 Å². The van der Waals surface area contributed by atoms with E-state index in [0.717, 1.165) is 9.80 Å². The first-order valence-corrected chi connectivity index (χ1v) is 10.7. The summed E-state index contributed by atoms with van der Waals surface area (Å²) in [4.78, 5) is 52.6. The van der Waals surface area contributed by atoms with Gasteiger partial charge in [0.2, 0.25) is 11.8 Å². The lowest BCUT2D eigenvalue weighted by molar-refractivity contribution is -0.172. The number of imide groups is 2. The van der Waals surface area contributed by atoms with Crippen LogP contribution in [0, 0.1) is 0 Å². The van der Waals surface area contributed by atoms with E-state index in [1.807, 2.05) is 0 Å². The Bertz CT molecular complexity index is 1080. The highest BCUT2D eigenvalue weighted by Crippen LogP contribution is 2.34. The van der Waals surface area contributed by atoms with E-state index in [1.54, 1.807) is 0 Å². The SMILES string of the molecule is O=C1C[C@@H](N(O)[C@@H]2CC(=O)N(c3ccc(Cl)c(Cl)c3)C2=O)C(=O)N1c1ccc(Cl)c(Cl)c1. The molecule has 2 aliphatic heterocycles.